The molecule has 128 valence electrons. The smallest absolute Gasteiger partial charge is 0.266 e. The summed E-state index contributed by atoms with van der Waals surface area (Å²) in [5.41, 5.74) is 0.955. The van der Waals surface area contributed by atoms with Gasteiger partial charge in [-0.15, -0.1) is 0 Å². The minimum atomic E-state index is -0.942. The summed E-state index contributed by atoms with van der Waals surface area (Å²) in [6.45, 7) is 0. The summed E-state index contributed by atoms with van der Waals surface area (Å²) in [6, 6.07) is 12.5. The summed E-state index contributed by atoms with van der Waals surface area (Å²) in [7, 11) is 1.46. The summed E-state index contributed by atoms with van der Waals surface area (Å²) in [5, 5.41) is 11.9. The molecule has 1 amide bonds. The molecule has 0 bridgehead atoms. The van der Waals surface area contributed by atoms with Gasteiger partial charge in [-0.25, -0.2) is 4.39 Å². The number of carbonyl (C=O) groups is 1. The summed E-state index contributed by atoms with van der Waals surface area (Å²) >= 11 is 0. The van der Waals surface area contributed by atoms with Crippen molar-refractivity contribution in [2.45, 2.75) is 25.0 Å². The maximum absolute atomic E-state index is 13.2. The average Bonchev–Trinajstić information content (AvgIpc) is 3.44. The third-order valence-corrected chi connectivity index (χ3v) is 3.87. The van der Waals surface area contributed by atoms with E-state index in [1.54, 1.807) is 12.1 Å². The first kappa shape index (κ1) is 16.8. The van der Waals surface area contributed by atoms with Gasteiger partial charge in [0.25, 0.3) is 5.91 Å². The lowest BCUT2D eigenvalue weighted by Gasteiger charge is -2.20. The molecule has 1 saturated carbocycles. The molecule has 1 atom stereocenters. The van der Waals surface area contributed by atoms with Crippen molar-refractivity contribution in [1.82, 2.24) is 5.32 Å². The number of rotatable bonds is 6. The van der Waals surface area contributed by atoms with Crippen molar-refractivity contribution in [2.24, 2.45) is 0 Å². The molecule has 1 unspecified atom stereocenters. The van der Waals surface area contributed by atoms with E-state index in [0.717, 1.165) is 12.8 Å². The Kier molecular flexibility index (Phi) is 4.85. The Bertz CT molecular complexity index is 810. The zero-order valence-electron chi connectivity index (χ0n) is 13.7. The van der Waals surface area contributed by atoms with Crippen molar-refractivity contribution in [3.8, 4) is 17.6 Å². The fraction of sp³-hybridized carbons (Fsp3) is 0.263. The van der Waals surface area contributed by atoms with E-state index < -0.39 is 6.10 Å². The standard InChI is InChI=1S/C19H17FN2O3/c1-24-17-10-12(11-21)2-9-16(17)25-18(19(23)22-15-7-8-15)13-3-5-14(20)6-4-13/h2-6,9-10,15,18H,7-8H2,1H3,(H,22,23). The fourth-order valence-corrected chi connectivity index (χ4v) is 2.38. The van der Waals surface area contributed by atoms with Gasteiger partial charge >= 0.3 is 0 Å². The number of hydrogen-bond acceptors (Lipinski definition) is 4. The van der Waals surface area contributed by atoms with Crippen LogP contribution in [0, 0.1) is 17.1 Å². The van der Waals surface area contributed by atoms with E-state index in [-0.39, 0.29) is 17.8 Å². The Morgan fingerprint density at radius 1 is 1.24 bits per heavy atom. The second kappa shape index (κ2) is 7.22. The zero-order valence-corrected chi connectivity index (χ0v) is 13.7. The maximum atomic E-state index is 13.2. The lowest BCUT2D eigenvalue weighted by molar-refractivity contribution is -0.128. The first-order valence-electron chi connectivity index (χ1n) is 7.91. The van der Waals surface area contributed by atoms with E-state index >= 15 is 0 Å². The molecule has 6 heteroatoms. The molecular formula is C19H17FN2O3. The van der Waals surface area contributed by atoms with E-state index in [2.05, 4.69) is 5.32 Å². The van der Waals surface area contributed by atoms with Gasteiger partial charge in [0.05, 0.1) is 18.7 Å². The van der Waals surface area contributed by atoms with Crippen molar-refractivity contribution < 1.29 is 18.7 Å². The number of amides is 1. The fourth-order valence-electron chi connectivity index (χ4n) is 2.38. The third-order valence-electron chi connectivity index (χ3n) is 3.87. The van der Waals surface area contributed by atoms with Gasteiger partial charge in [0.2, 0.25) is 6.10 Å². The highest BCUT2D eigenvalue weighted by molar-refractivity contribution is 5.83. The minimum Gasteiger partial charge on any atom is -0.493 e. The lowest BCUT2D eigenvalue weighted by Crippen LogP contribution is -2.34. The van der Waals surface area contributed by atoms with Crippen LogP contribution in [0.5, 0.6) is 11.5 Å². The molecule has 1 fully saturated rings. The number of nitrogens with one attached hydrogen (secondary N) is 1. The van der Waals surface area contributed by atoms with Crippen molar-refractivity contribution in [1.29, 1.82) is 5.26 Å². The molecule has 1 N–H and O–H groups in total. The van der Waals surface area contributed by atoms with Crippen LogP contribution >= 0.6 is 0 Å². The lowest BCUT2D eigenvalue weighted by atomic mass is 10.1. The van der Waals surface area contributed by atoms with Crippen LogP contribution in [-0.2, 0) is 4.79 Å². The molecule has 0 heterocycles. The van der Waals surface area contributed by atoms with Crippen LogP contribution in [0.3, 0.4) is 0 Å². The predicted molar refractivity (Wildman–Crippen MR) is 88.6 cm³/mol. The molecule has 0 spiro atoms. The Morgan fingerprint density at radius 3 is 2.56 bits per heavy atom. The van der Waals surface area contributed by atoms with Crippen LogP contribution in [0.1, 0.15) is 30.1 Å². The molecule has 25 heavy (non-hydrogen) atoms. The van der Waals surface area contributed by atoms with Crippen LogP contribution in [0.25, 0.3) is 0 Å². The molecule has 2 aromatic carbocycles. The van der Waals surface area contributed by atoms with E-state index in [9.17, 15) is 9.18 Å². The van der Waals surface area contributed by atoms with E-state index in [1.165, 1.54) is 37.4 Å². The molecule has 1 aliphatic carbocycles. The molecule has 0 radical (unpaired) electrons. The second-order valence-corrected chi connectivity index (χ2v) is 5.81. The van der Waals surface area contributed by atoms with E-state index in [1.807, 2.05) is 6.07 Å². The molecule has 0 aromatic heterocycles. The SMILES string of the molecule is COc1cc(C#N)ccc1OC(C(=O)NC1CC1)c1ccc(F)cc1. The first-order chi connectivity index (χ1) is 12.1. The molecule has 3 rings (SSSR count). The van der Waals surface area contributed by atoms with Gasteiger partial charge in [-0.2, -0.15) is 5.26 Å². The third kappa shape index (κ3) is 4.07. The van der Waals surface area contributed by atoms with Gasteiger partial charge in [-0.1, -0.05) is 12.1 Å². The highest BCUT2D eigenvalue weighted by Crippen LogP contribution is 2.33. The number of carbonyl (C=O) groups excluding carboxylic acids is 1. The van der Waals surface area contributed by atoms with Crippen molar-refractivity contribution in [3.05, 3.63) is 59.4 Å². The van der Waals surface area contributed by atoms with Crippen molar-refractivity contribution >= 4 is 5.91 Å². The van der Waals surface area contributed by atoms with Crippen LogP contribution in [0.15, 0.2) is 42.5 Å². The molecule has 0 saturated heterocycles. The molecule has 1 aliphatic rings. The summed E-state index contributed by atoms with van der Waals surface area (Å²) in [6.07, 6.45) is 0.951. The number of benzene rings is 2. The van der Waals surface area contributed by atoms with Gasteiger partial charge in [0.15, 0.2) is 11.5 Å². The average molecular weight is 340 g/mol. The van der Waals surface area contributed by atoms with Gasteiger partial charge in [0, 0.05) is 17.7 Å². The Morgan fingerprint density at radius 2 is 1.96 bits per heavy atom. The van der Waals surface area contributed by atoms with Gasteiger partial charge < -0.3 is 14.8 Å². The second-order valence-electron chi connectivity index (χ2n) is 5.81. The number of methoxy groups -OCH3 is 1. The number of halogens is 1. The highest BCUT2D eigenvalue weighted by atomic mass is 19.1. The monoisotopic (exact) mass is 340 g/mol. The van der Waals surface area contributed by atoms with Crippen LogP contribution in [-0.4, -0.2) is 19.1 Å². The normalized spacial score (nSPS) is 14.3. The number of ether oxygens (including phenoxy) is 2. The summed E-state index contributed by atoms with van der Waals surface area (Å²) in [5.74, 6) is 0.00808. The summed E-state index contributed by atoms with van der Waals surface area (Å²) < 4.78 is 24.3. The quantitative estimate of drug-likeness (QED) is 0.877. The molecule has 5 nitrogen and oxygen atoms in total. The van der Waals surface area contributed by atoms with Crippen molar-refractivity contribution in [2.75, 3.05) is 7.11 Å². The van der Waals surface area contributed by atoms with Gasteiger partial charge in [-0.05, 0) is 37.1 Å². The number of hydrogen-bond donors (Lipinski definition) is 1. The topological polar surface area (TPSA) is 71.3 Å². The Hall–Kier alpha value is -3.07. The minimum absolute atomic E-state index is 0.168. The van der Waals surface area contributed by atoms with Crippen molar-refractivity contribution in [3.63, 3.8) is 0 Å². The molecule has 0 aliphatic heterocycles. The Balaban J connectivity index is 1.90. The zero-order chi connectivity index (χ0) is 17.8. The number of nitriles is 1. The van der Waals surface area contributed by atoms with Gasteiger partial charge in [-0.3, -0.25) is 4.79 Å². The first-order valence-corrected chi connectivity index (χ1v) is 7.91. The van der Waals surface area contributed by atoms with Gasteiger partial charge in [0.1, 0.15) is 5.82 Å². The summed E-state index contributed by atoms with van der Waals surface area (Å²) in [4.78, 5) is 12.6. The van der Waals surface area contributed by atoms with Crippen LogP contribution < -0.4 is 14.8 Å². The predicted octanol–water partition coefficient (Wildman–Crippen LogP) is 3.10. The van der Waals surface area contributed by atoms with Crippen LogP contribution in [0.4, 0.5) is 4.39 Å². The van der Waals surface area contributed by atoms with E-state index in [4.69, 9.17) is 14.7 Å². The highest BCUT2D eigenvalue weighted by Gasteiger charge is 2.30. The molecule has 2 aromatic rings. The Labute approximate surface area is 145 Å². The van der Waals surface area contributed by atoms with Crippen LogP contribution in [0.2, 0.25) is 0 Å². The molecular weight excluding hydrogens is 323 g/mol. The van der Waals surface area contributed by atoms with E-state index in [0.29, 0.717) is 22.6 Å². The maximum Gasteiger partial charge on any atom is 0.266 e. The number of nitrogens with zero attached hydrogens (tertiary/aromatic N) is 1. The largest absolute Gasteiger partial charge is 0.493 e.